The van der Waals surface area contributed by atoms with Crippen LogP contribution in [0.4, 0.5) is 0 Å². The van der Waals surface area contributed by atoms with E-state index in [0.717, 1.165) is 36.9 Å². The first-order valence-corrected chi connectivity index (χ1v) is 7.88. The maximum Gasteiger partial charge on any atom is 0.193 e. The van der Waals surface area contributed by atoms with Crippen LogP contribution >= 0.6 is 0 Å². The van der Waals surface area contributed by atoms with Gasteiger partial charge in [-0.15, -0.1) is 0 Å². The summed E-state index contributed by atoms with van der Waals surface area (Å²) >= 11 is 0. The molecule has 1 fully saturated rings. The van der Waals surface area contributed by atoms with Gasteiger partial charge in [-0.25, -0.2) is 0 Å². The van der Waals surface area contributed by atoms with Crippen LogP contribution in [-0.2, 0) is 6.54 Å². The molecular weight excluding hydrogens is 290 g/mol. The second-order valence-corrected chi connectivity index (χ2v) is 5.69. The zero-order chi connectivity index (χ0) is 16.1. The van der Waals surface area contributed by atoms with Crippen LogP contribution in [0.5, 0.6) is 5.75 Å². The largest absolute Gasteiger partial charge is 0.497 e. The normalized spacial score (nSPS) is 18.3. The molecule has 0 radical (unpaired) electrons. The molecule has 0 amide bonds. The summed E-state index contributed by atoms with van der Waals surface area (Å²) in [5, 5.41) is 10.3. The van der Waals surface area contributed by atoms with Crippen molar-refractivity contribution in [2.75, 3.05) is 27.2 Å². The summed E-state index contributed by atoms with van der Waals surface area (Å²) in [6.07, 6.45) is 2.90. The number of hydrogen-bond donors (Lipinski definition) is 2. The molecule has 1 unspecified atom stereocenters. The Kier molecular flexibility index (Phi) is 4.80. The van der Waals surface area contributed by atoms with Gasteiger partial charge in [0.1, 0.15) is 5.75 Å². The molecule has 1 aromatic heterocycles. The summed E-state index contributed by atoms with van der Waals surface area (Å²) in [6.45, 7) is 2.70. The molecule has 2 N–H and O–H groups in total. The van der Waals surface area contributed by atoms with Crippen molar-refractivity contribution >= 4 is 5.96 Å². The third-order valence-corrected chi connectivity index (χ3v) is 4.28. The van der Waals surface area contributed by atoms with Gasteiger partial charge in [-0.1, -0.05) is 12.1 Å². The standard InChI is InChI=1S/C17H23N5O/c1-18-17(19-11-15-7-9-20-21-15)22-10-8-14(12-22)13-3-5-16(23-2)6-4-13/h3-7,9,14H,8,10-12H2,1-2H3,(H,18,19)(H,20,21). The number of methoxy groups -OCH3 is 1. The van der Waals surface area contributed by atoms with Gasteiger partial charge in [-0.3, -0.25) is 10.1 Å². The molecule has 6 nitrogen and oxygen atoms in total. The first-order chi connectivity index (χ1) is 11.3. The van der Waals surface area contributed by atoms with Gasteiger partial charge in [0, 0.05) is 32.3 Å². The van der Waals surface area contributed by atoms with E-state index in [1.54, 1.807) is 13.3 Å². The number of likely N-dealkylation sites (tertiary alicyclic amines) is 1. The quantitative estimate of drug-likeness (QED) is 0.669. The lowest BCUT2D eigenvalue weighted by molar-refractivity contribution is 0.414. The molecule has 1 aromatic carbocycles. The third kappa shape index (κ3) is 3.64. The van der Waals surface area contributed by atoms with E-state index < -0.39 is 0 Å². The number of aromatic nitrogens is 2. The molecule has 3 rings (SSSR count). The van der Waals surface area contributed by atoms with Gasteiger partial charge in [0.2, 0.25) is 0 Å². The van der Waals surface area contributed by atoms with E-state index >= 15 is 0 Å². The number of benzene rings is 1. The predicted octanol–water partition coefficient (Wildman–Crippen LogP) is 1.98. The number of rotatable bonds is 4. The highest BCUT2D eigenvalue weighted by atomic mass is 16.5. The van der Waals surface area contributed by atoms with E-state index in [0.29, 0.717) is 12.5 Å². The van der Waals surface area contributed by atoms with E-state index in [1.165, 1.54) is 5.56 Å². The fourth-order valence-electron chi connectivity index (χ4n) is 2.99. The lowest BCUT2D eigenvalue weighted by Gasteiger charge is -2.21. The molecule has 23 heavy (non-hydrogen) atoms. The van der Waals surface area contributed by atoms with Crippen molar-refractivity contribution < 1.29 is 4.74 Å². The number of nitrogens with one attached hydrogen (secondary N) is 2. The highest BCUT2D eigenvalue weighted by Gasteiger charge is 2.26. The molecule has 0 bridgehead atoms. The molecule has 2 aromatic rings. The van der Waals surface area contributed by atoms with Gasteiger partial charge < -0.3 is 15.0 Å². The van der Waals surface area contributed by atoms with Crippen molar-refractivity contribution in [2.45, 2.75) is 18.9 Å². The molecule has 1 aliphatic heterocycles. The number of aromatic amines is 1. The van der Waals surface area contributed by atoms with Crippen LogP contribution < -0.4 is 10.1 Å². The maximum absolute atomic E-state index is 5.23. The van der Waals surface area contributed by atoms with E-state index in [9.17, 15) is 0 Å². The zero-order valence-corrected chi connectivity index (χ0v) is 13.6. The van der Waals surface area contributed by atoms with Crippen LogP contribution in [0.1, 0.15) is 23.6 Å². The summed E-state index contributed by atoms with van der Waals surface area (Å²) in [7, 11) is 3.53. The Morgan fingerprint density at radius 2 is 2.22 bits per heavy atom. The number of ether oxygens (including phenoxy) is 1. The highest BCUT2D eigenvalue weighted by molar-refractivity contribution is 5.80. The molecule has 2 heterocycles. The number of nitrogens with zero attached hydrogens (tertiary/aromatic N) is 3. The molecule has 1 atom stereocenters. The number of hydrogen-bond acceptors (Lipinski definition) is 3. The van der Waals surface area contributed by atoms with Gasteiger partial charge in [-0.05, 0) is 30.2 Å². The van der Waals surface area contributed by atoms with Crippen molar-refractivity contribution in [3.8, 4) is 5.75 Å². The van der Waals surface area contributed by atoms with Crippen LogP contribution in [0.15, 0.2) is 41.5 Å². The summed E-state index contributed by atoms with van der Waals surface area (Å²) < 4.78 is 5.23. The van der Waals surface area contributed by atoms with Crippen molar-refractivity contribution in [1.29, 1.82) is 0 Å². The molecule has 0 aliphatic carbocycles. The Bertz CT molecular complexity index is 636. The monoisotopic (exact) mass is 313 g/mol. The summed E-state index contributed by atoms with van der Waals surface area (Å²) in [5.74, 6) is 2.38. The molecule has 0 saturated carbocycles. The fourth-order valence-corrected chi connectivity index (χ4v) is 2.99. The fraction of sp³-hybridized carbons (Fsp3) is 0.412. The van der Waals surface area contributed by atoms with Crippen molar-refractivity contribution in [3.63, 3.8) is 0 Å². The van der Waals surface area contributed by atoms with Gasteiger partial charge in [-0.2, -0.15) is 5.10 Å². The molecular formula is C17H23N5O. The predicted molar refractivity (Wildman–Crippen MR) is 90.7 cm³/mol. The van der Waals surface area contributed by atoms with Crippen molar-refractivity contribution in [2.24, 2.45) is 4.99 Å². The molecule has 6 heteroatoms. The Hall–Kier alpha value is -2.50. The van der Waals surface area contributed by atoms with E-state index in [-0.39, 0.29) is 0 Å². The average Bonchev–Trinajstić information content (AvgIpc) is 3.27. The number of guanidine groups is 1. The van der Waals surface area contributed by atoms with Gasteiger partial charge in [0.05, 0.1) is 19.3 Å². The molecule has 0 spiro atoms. The Morgan fingerprint density at radius 1 is 1.39 bits per heavy atom. The lowest BCUT2D eigenvalue weighted by atomic mass is 9.98. The van der Waals surface area contributed by atoms with Crippen LogP contribution in [0, 0.1) is 0 Å². The summed E-state index contributed by atoms with van der Waals surface area (Å²) in [6, 6.07) is 10.3. The van der Waals surface area contributed by atoms with Crippen LogP contribution in [0.2, 0.25) is 0 Å². The van der Waals surface area contributed by atoms with E-state index in [2.05, 4.69) is 37.5 Å². The third-order valence-electron chi connectivity index (χ3n) is 4.28. The topological polar surface area (TPSA) is 65.5 Å². The second-order valence-electron chi connectivity index (χ2n) is 5.69. The van der Waals surface area contributed by atoms with Crippen molar-refractivity contribution in [3.05, 3.63) is 47.8 Å². The SMILES string of the molecule is CN=C(NCc1ccn[nH]1)N1CCC(c2ccc(OC)cc2)C1. The molecule has 122 valence electrons. The maximum atomic E-state index is 5.23. The Labute approximate surface area is 136 Å². The smallest absolute Gasteiger partial charge is 0.193 e. The van der Waals surface area contributed by atoms with E-state index in [1.807, 2.05) is 25.2 Å². The minimum atomic E-state index is 0.534. The zero-order valence-electron chi connectivity index (χ0n) is 13.6. The van der Waals surface area contributed by atoms with Crippen LogP contribution in [-0.4, -0.2) is 48.3 Å². The van der Waals surface area contributed by atoms with Gasteiger partial charge in [0.25, 0.3) is 0 Å². The van der Waals surface area contributed by atoms with Crippen molar-refractivity contribution in [1.82, 2.24) is 20.4 Å². The first-order valence-electron chi connectivity index (χ1n) is 7.88. The second kappa shape index (κ2) is 7.17. The lowest BCUT2D eigenvalue weighted by Crippen LogP contribution is -2.39. The molecule has 1 saturated heterocycles. The van der Waals surface area contributed by atoms with Gasteiger partial charge >= 0.3 is 0 Å². The van der Waals surface area contributed by atoms with Gasteiger partial charge in [0.15, 0.2) is 5.96 Å². The summed E-state index contributed by atoms with van der Waals surface area (Å²) in [4.78, 5) is 6.71. The first kappa shape index (κ1) is 15.4. The van der Waals surface area contributed by atoms with Crippen LogP contribution in [0.25, 0.3) is 0 Å². The van der Waals surface area contributed by atoms with E-state index in [4.69, 9.17) is 4.74 Å². The average molecular weight is 313 g/mol. The number of H-pyrrole nitrogens is 1. The molecule has 1 aliphatic rings. The highest BCUT2D eigenvalue weighted by Crippen LogP contribution is 2.28. The Morgan fingerprint density at radius 3 is 2.87 bits per heavy atom. The summed E-state index contributed by atoms with van der Waals surface area (Å²) in [5.41, 5.74) is 2.41. The minimum Gasteiger partial charge on any atom is -0.497 e. The minimum absolute atomic E-state index is 0.534. The van der Waals surface area contributed by atoms with Crippen LogP contribution in [0.3, 0.4) is 0 Å². The number of aliphatic imine (C=N–C) groups is 1. The Balaban J connectivity index is 1.58.